The molecule has 1 rings (SSSR count). The molecule has 0 radical (unpaired) electrons. The monoisotopic (exact) mass is 219 g/mol. The average molecular weight is 219 g/mol. The summed E-state index contributed by atoms with van der Waals surface area (Å²) >= 11 is 0. The van der Waals surface area contributed by atoms with Gasteiger partial charge in [0.25, 0.3) is 0 Å². The number of hydrogen-bond acceptors (Lipinski definition) is 2. The van der Waals surface area contributed by atoms with E-state index in [0.717, 1.165) is 13.0 Å². The lowest BCUT2D eigenvalue weighted by Crippen LogP contribution is -2.20. The van der Waals surface area contributed by atoms with Gasteiger partial charge in [-0.3, -0.25) is 4.79 Å². The summed E-state index contributed by atoms with van der Waals surface area (Å²) in [7, 11) is 0. The van der Waals surface area contributed by atoms with E-state index < -0.39 is 0 Å². The van der Waals surface area contributed by atoms with Crippen LogP contribution >= 0.6 is 0 Å². The van der Waals surface area contributed by atoms with Gasteiger partial charge in [0, 0.05) is 6.54 Å². The second-order valence-corrected chi connectivity index (χ2v) is 4.72. The quantitative estimate of drug-likeness (QED) is 0.796. The van der Waals surface area contributed by atoms with Crippen molar-refractivity contribution in [2.45, 2.75) is 33.7 Å². The summed E-state index contributed by atoms with van der Waals surface area (Å²) in [6.07, 6.45) is 1.13. The highest BCUT2D eigenvalue weighted by Gasteiger charge is 1.98. The van der Waals surface area contributed by atoms with Crippen molar-refractivity contribution in [1.82, 2.24) is 5.32 Å². The van der Waals surface area contributed by atoms with E-state index in [1.165, 1.54) is 11.1 Å². The van der Waals surface area contributed by atoms with E-state index in [4.69, 9.17) is 0 Å². The van der Waals surface area contributed by atoms with Gasteiger partial charge in [0.1, 0.15) is 5.78 Å². The molecule has 88 valence electrons. The molecule has 2 nitrogen and oxygen atoms in total. The highest BCUT2D eigenvalue weighted by atomic mass is 16.1. The van der Waals surface area contributed by atoms with Crippen LogP contribution in [0.1, 0.15) is 31.9 Å². The van der Waals surface area contributed by atoms with Gasteiger partial charge < -0.3 is 5.32 Å². The van der Waals surface area contributed by atoms with E-state index in [1.807, 2.05) is 0 Å². The van der Waals surface area contributed by atoms with E-state index in [2.05, 4.69) is 43.4 Å². The number of nitrogens with one attached hydrogen (secondary N) is 1. The zero-order chi connectivity index (χ0) is 12.0. The fourth-order valence-corrected chi connectivity index (χ4v) is 1.65. The van der Waals surface area contributed by atoms with Crippen molar-refractivity contribution in [1.29, 1.82) is 0 Å². The maximum atomic E-state index is 10.7. The minimum atomic E-state index is 0.177. The molecule has 16 heavy (non-hydrogen) atoms. The predicted molar refractivity (Wildman–Crippen MR) is 67.4 cm³/mol. The topological polar surface area (TPSA) is 29.1 Å². The molecule has 0 aliphatic rings. The Morgan fingerprint density at radius 2 is 1.75 bits per heavy atom. The highest BCUT2D eigenvalue weighted by Crippen LogP contribution is 2.09. The fraction of sp³-hybridized carbons (Fsp3) is 0.500. The SMILES string of the molecule is CC(=O)CNCc1ccc(CC(C)C)cc1. The summed E-state index contributed by atoms with van der Waals surface area (Å²) in [6, 6.07) is 8.60. The molecule has 0 aliphatic carbocycles. The lowest BCUT2D eigenvalue weighted by atomic mass is 10.0. The van der Waals surface area contributed by atoms with Crippen molar-refractivity contribution in [2.75, 3.05) is 6.54 Å². The van der Waals surface area contributed by atoms with E-state index in [-0.39, 0.29) is 5.78 Å². The van der Waals surface area contributed by atoms with E-state index in [1.54, 1.807) is 6.92 Å². The molecule has 1 aromatic carbocycles. The maximum Gasteiger partial charge on any atom is 0.143 e. The Morgan fingerprint density at radius 1 is 1.19 bits per heavy atom. The largest absolute Gasteiger partial charge is 0.306 e. The van der Waals surface area contributed by atoms with Crippen molar-refractivity contribution < 1.29 is 4.79 Å². The summed E-state index contributed by atoms with van der Waals surface area (Å²) in [4.78, 5) is 10.7. The lowest BCUT2D eigenvalue weighted by molar-refractivity contribution is -0.116. The first-order chi connectivity index (χ1) is 7.58. The molecule has 0 saturated carbocycles. The number of ketones is 1. The van der Waals surface area contributed by atoms with Crippen LogP contribution in [-0.2, 0) is 17.8 Å². The second kappa shape index (κ2) is 6.44. The maximum absolute atomic E-state index is 10.7. The van der Waals surface area contributed by atoms with Gasteiger partial charge >= 0.3 is 0 Å². The van der Waals surface area contributed by atoms with Crippen LogP contribution in [-0.4, -0.2) is 12.3 Å². The van der Waals surface area contributed by atoms with Gasteiger partial charge in [-0.2, -0.15) is 0 Å². The van der Waals surface area contributed by atoms with Gasteiger partial charge in [-0.25, -0.2) is 0 Å². The number of carbonyl (C=O) groups is 1. The fourth-order valence-electron chi connectivity index (χ4n) is 1.65. The number of hydrogen-bond donors (Lipinski definition) is 1. The third-order valence-electron chi connectivity index (χ3n) is 2.37. The second-order valence-electron chi connectivity index (χ2n) is 4.72. The molecule has 0 saturated heterocycles. The zero-order valence-electron chi connectivity index (χ0n) is 10.4. The average Bonchev–Trinajstić information content (AvgIpc) is 2.19. The molecule has 0 aliphatic heterocycles. The van der Waals surface area contributed by atoms with Crippen LogP contribution in [0.4, 0.5) is 0 Å². The predicted octanol–water partition coefficient (Wildman–Crippen LogP) is 2.56. The third-order valence-corrected chi connectivity index (χ3v) is 2.37. The molecular weight excluding hydrogens is 198 g/mol. The van der Waals surface area contributed by atoms with Gasteiger partial charge in [0.05, 0.1) is 6.54 Å². The minimum absolute atomic E-state index is 0.177. The Hall–Kier alpha value is -1.15. The van der Waals surface area contributed by atoms with Gasteiger partial charge in [-0.15, -0.1) is 0 Å². The summed E-state index contributed by atoms with van der Waals surface area (Å²) in [5, 5.41) is 3.11. The molecular formula is C14H21NO. The summed E-state index contributed by atoms with van der Waals surface area (Å²) in [6.45, 7) is 7.26. The van der Waals surface area contributed by atoms with Gasteiger partial charge in [0.2, 0.25) is 0 Å². The van der Waals surface area contributed by atoms with Crippen LogP contribution in [0.15, 0.2) is 24.3 Å². The van der Waals surface area contributed by atoms with Gasteiger partial charge in [-0.1, -0.05) is 38.1 Å². The first kappa shape index (κ1) is 12.9. The molecule has 0 atom stereocenters. The lowest BCUT2D eigenvalue weighted by Gasteiger charge is -2.07. The van der Waals surface area contributed by atoms with Crippen LogP contribution in [0.25, 0.3) is 0 Å². The Kier molecular flexibility index (Phi) is 5.20. The van der Waals surface area contributed by atoms with Crippen molar-refractivity contribution in [3.05, 3.63) is 35.4 Å². The normalized spacial score (nSPS) is 10.8. The van der Waals surface area contributed by atoms with Crippen molar-refractivity contribution in [3.63, 3.8) is 0 Å². The number of benzene rings is 1. The summed E-state index contributed by atoms with van der Waals surface area (Å²) < 4.78 is 0. The molecule has 0 spiro atoms. The smallest absolute Gasteiger partial charge is 0.143 e. The van der Waals surface area contributed by atoms with Crippen LogP contribution in [0.2, 0.25) is 0 Å². The molecule has 0 bridgehead atoms. The van der Waals surface area contributed by atoms with Gasteiger partial charge in [0.15, 0.2) is 0 Å². The van der Waals surface area contributed by atoms with Crippen LogP contribution in [0.3, 0.4) is 0 Å². The molecule has 0 heterocycles. The van der Waals surface area contributed by atoms with Crippen LogP contribution in [0, 0.1) is 5.92 Å². The summed E-state index contributed by atoms with van der Waals surface area (Å²) in [5.74, 6) is 0.873. The number of Topliss-reactive ketones (excluding diaryl/α,β-unsaturated/α-hetero) is 1. The molecule has 1 N–H and O–H groups in total. The van der Waals surface area contributed by atoms with Gasteiger partial charge in [-0.05, 0) is 30.4 Å². The van der Waals surface area contributed by atoms with Crippen molar-refractivity contribution in [2.24, 2.45) is 5.92 Å². The van der Waals surface area contributed by atoms with Crippen molar-refractivity contribution in [3.8, 4) is 0 Å². The Morgan fingerprint density at radius 3 is 2.25 bits per heavy atom. The standard InChI is InChI=1S/C14H21NO/c1-11(2)8-13-4-6-14(7-5-13)10-15-9-12(3)16/h4-7,11,15H,8-10H2,1-3H3. The minimum Gasteiger partial charge on any atom is -0.306 e. The zero-order valence-corrected chi connectivity index (χ0v) is 10.4. The Labute approximate surface area is 98.1 Å². The molecule has 0 fully saturated rings. The molecule has 0 aromatic heterocycles. The number of rotatable bonds is 6. The third kappa shape index (κ3) is 5.08. The molecule has 0 amide bonds. The van der Waals surface area contributed by atoms with E-state index in [9.17, 15) is 4.79 Å². The molecule has 2 heteroatoms. The first-order valence-corrected chi connectivity index (χ1v) is 5.86. The van der Waals surface area contributed by atoms with Crippen LogP contribution < -0.4 is 5.32 Å². The van der Waals surface area contributed by atoms with E-state index >= 15 is 0 Å². The Bertz CT molecular complexity index is 327. The van der Waals surface area contributed by atoms with Crippen molar-refractivity contribution >= 4 is 5.78 Å². The first-order valence-electron chi connectivity index (χ1n) is 5.86. The Balaban J connectivity index is 2.42. The molecule has 1 aromatic rings. The highest BCUT2D eigenvalue weighted by molar-refractivity contribution is 5.77. The summed E-state index contributed by atoms with van der Waals surface area (Å²) in [5.41, 5.74) is 2.61. The molecule has 0 unspecified atom stereocenters. The van der Waals surface area contributed by atoms with Crippen LogP contribution in [0.5, 0.6) is 0 Å². The number of carbonyl (C=O) groups excluding carboxylic acids is 1. The van der Waals surface area contributed by atoms with E-state index in [0.29, 0.717) is 12.5 Å².